The smallest absolute Gasteiger partial charge is 0.248 e. The maximum absolute atomic E-state index is 12.4. The summed E-state index contributed by atoms with van der Waals surface area (Å²) in [7, 11) is -6.14. The molecule has 0 saturated carbocycles. The average Bonchev–Trinajstić information content (AvgIpc) is 2.09. The Kier molecular flexibility index (Phi) is 7.41. The fraction of sp³-hybridized carbons (Fsp3) is 1.00. The number of alkyl halides is 2. The lowest BCUT2D eigenvalue weighted by Crippen LogP contribution is -2.18. The van der Waals surface area contributed by atoms with E-state index in [2.05, 4.69) is 0 Å². The summed E-state index contributed by atoms with van der Waals surface area (Å²) in [6, 6.07) is 0.308. The fourth-order valence-corrected chi connectivity index (χ4v) is 4.30. The largest absolute Gasteiger partial charge is 0.616 e. The van der Waals surface area contributed by atoms with Crippen molar-refractivity contribution in [3.05, 3.63) is 0 Å². The first kappa shape index (κ1) is 15.1. The van der Waals surface area contributed by atoms with Gasteiger partial charge in [0, 0.05) is 15.6 Å². The van der Waals surface area contributed by atoms with E-state index in [1.54, 1.807) is 6.92 Å². The third-order valence-electron chi connectivity index (χ3n) is 2.21. The highest BCUT2D eigenvalue weighted by molar-refractivity contribution is 6.58. The van der Waals surface area contributed by atoms with Crippen LogP contribution in [0.1, 0.15) is 13.3 Å². The van der Waals surface area contributed by atoms with Crippen molar-refractivity contribution >= 4 is 18.6 Å². The molecule has 0 N–H and O–H groups in total. The molecule has 2 unspecified atom stereocenters. The van der Waals surface area contributed by atoms with Crippen molar-refractivity contribution in [3.8, 4) is 0 Å². The minimum atomic E-state index is -5.43. The number of halogens is 5. The van der Waals surface area contributed by atoms with Gasteiger partial charge in [0.1, 0.15) is 12.8 Å². The molecule has 0 amide bonds. The highest BCUT2D eigenvalue weighted by atomic mass is 28.5. The summed E-state index contributed by atoms with van der Waals surface area (Å²) >= 11 is 0. The zero-order valence-electron chi connectivity index (χ0n) is 8.79. The Morgan fingerprint density at radius 1 is 1.27 bits per heavy atom. The van der Waals surface area contributed by atoms with Gasteiger partial charge in [-0.1, -0.05) is 19.4 Å². The zero-order chi connectivity index (χ0) is 11.9. The molecule has 15 heavy (non-hydrogen) atoms. The summed E-state index contributed by atoms with van der Waals surface area (Å²) < 4.78 is 60.2. The molecule has 2 atom stereocenters. The van der Waals surface area contributed by atoms with Crippen molar-refractivity contribution in [2.45, 2.75) is 37.6 Å². The van der Waals surface area contributed by atoms with Crippen molar-refractivity contribution < 1.29 is 21.1 Å². The van der Waals surface area contributed by atoms with E-state index in [0.717, 1.165) is 0 Å². The second-order valence-corrected chi connectivity index (χ2v) is 7.59. The van der Waals surface area contributed by atoms with Crippen LogP contribution in [0.3, 0.4) is 0 Å². The van der Waals surface area contributed by atoms with Crippen LogP contribution in [0.25, 0.3) is 0 Å². The van der Waals surface area contributed by atoms with Crippen molar-refractivity contribution in [1.82, 2.24) is 0 Å². The van der Waals surface area contributed by atoms with E-state index < -0.39 is 37.5 Å². The average molecular weight is 264 g/mol. The first-order valence-corrected chi connectivity index (χ1v) is 8.96. The van der Waals surface area contributed by atoms with Crippen LogP contribution in [0, 0.1) is 5.92 Å². The molecule has 0 bridgehead atoms. The van der Waals surface area contributed by atoms with Gasteiger partial charge in [0.05, 0.1) is 0 Å². The highest BCUT2D eigenvalue weighted by Crippen LogP contribution is 2.24. The molecule has 0 aliphatic carbocycles. The summed E-state index contributed by atoms with van der Waals surface area (Å²) in [5.74, 6) is -0.340. The van der Waals surface area contributed by atoms with E-state index in [0.29, 0.717) is 12.5 Å². The Hall–Kier alpha value is 0.0838. The molecule has 0 aliphatic heterocycles. The first-order chi connectivity index (χ1) is 6.85. The van der Waals surface area contributed by atoms with E-state index in [1.165, 1.54) is 0 Å². The summed E-state index contributed by atoms with van der Waals surface area (Å²) in [5, 5.41) is 0. The van der Waals surface area contributed by atoms with Gasteiger partial charge >= 0.3 is 9.08 Å². The third kappa shape index (κ3) is 10.4. The van der Waals surface area contributed by atoms with Crippen LogP contribution < -0.4 is 0 Å². The van der Waals surface area contributed by atoms with Crippen LogP contribution >= 0.6 is 0 Å². The van der Waals surface area contributed by atoms with E-state index >= 15 is 0 Å². The SMILES string of the molecule is CC(CC[SiH2]CC(F)CF)C[Si](F)(F)F. The van der Waals surface area contributed by atoms with Crippen LogP contribution in [-0.4, -0.2) is 31.4 Å². The molecule has 92 valence electrons. The molecule has 0 heterocycles. The van der Waals surface area contributed by atoms with Gasteiger partial charge in [-0.3, -0.25) is 0 Å². The molecular weight excluding hydrogens is 247 g/mol. The van der Waals surface area contributed by atoms with Crippen LogP contribution in [0.15, 0.2) is 0 Å². The first-order valence-electron chi connectivity index (χ1n) is 5.12. The van der Waals surface area contributed by atoms with Crippen LogP contribution in [0.4, 0.5) is 21.1 Å². The summed E-state index contributed by atoms with van der Waals surface area (Å²) in [4.78, 5) is 0. The van der Waals surface area contributed by atoms with Crippen molar-refractivity contribution in [3.63, 3.8) is 0 Å². The van der Waals surface area contributed by atoms with Gasteiger partial charge in [-0.05, 0) is 12.0 Å². The van der Waals surface area contributed by atoms with E-state index in [9.17, 15) is 21.1 Å². The van der Waals surface area contributed by atoms with Crippen molar-refractivity contribution in [1.29, 1.82) is 0 Å². The van der Waals surface area contributed by atoms with Gasteiger partial charge in [-0.15, -0.1) is 0 Å². The molecule has 0 rings (SSSR count). The number of hydrogen-bond donors (Lipinski definition) is 0. The van der Waals surface area contributed by atoms with Crippen LogP contribution in [0.2, 0.25) is 18.1 Å². The number of rotatable bonds is 8. The molecule has 0 aromatic carbocycles. The molecule has 0 nitrogen and oxygen atoms in total. The Balaban J connectivity index is 3.43. The number of hydrogen-bond acceptors (Lipinski definition) is 0. The molecule has 0 aliphatic rings. The maximum Gasteiger partial charge on any atom is 0.616 e. The standard InChI is InChI=1S/C8H17F5Si2/c1-7(6-15(11,12)13)2-3-14-5-8(10)4-9/h7-8H,2-6,14H2,1H3. The highest BCUT2D eigenvalue weighted by Gasteiger charge is 2.37. The minimum absolute atomic E-state index is 0.257. The van der Waals surface area contributed by atoms with Crippen LogP contribution in [0.5, 0.6) is 0 Å². The monoisotopic (exact) mass is 264 g/mol. The third-order valence-corrected chi connectivity index (χ3v) is 5.31. The fourth-order valence-electron chi connectivity index (χ4n) is 1.43. The minimum Gasteiger partial charge on any atom is -0.248 e. The van der Waals surface area contributed by atoms with Gasteiger partial charge < -0.3 is 0 Å². The van der Waals surface area contributed by atoms with Crippen LogP contribution in [-0.2, 0) is 0 Å². The Bertz CT molecular complexity index is 162. The lowest BCUT2D eigenvalue weighted by atomic mass is 10.2. The second kappa shape index (κ2) is 7.37. The molecule has 0 aromatic heterocycles. The Morgan fingerprint density at radius 2 is 1.87 bits per heavy atom. The molecule has 0 radical (unpaired) electrons. The molecule has 0 saturated heterocycles. The van der Waals surface area contributed by atoms with Gasteiger partial charge in [-0.2, -0.15) is 0 Å². The zero-order valence-corrected chi connectivity index (χ0v) is 11.2. The normalized spacial score (nSPS) is 17.2. The lowest BCUT2D eigenvalue weighted by Gasteiger charge is -2.11. The maximum atomic E-state index is 12.4. The molecule has 7 heteroatoms. The molecule has 0 aromatic rings. The van der Waals surface area contributed by atoms with E-state index in [4.69, 9.17) is 0 Å². The topological polar surface area (TPSA) is 0 Å². The second-order valence-electron chi connectivity index (χ2n) is 3.96. The van der Waals surface area contributed by atoms with Crippen molar-refractivity contribution in [2.75, 3.05) is 6.67 Å². The summed E-state index contributed by atoms with van der Waals surface area (Å²) in [5.41, 5.74) is 0. The van der Waals surface area contributed by atoms with E-state index in [-0.39, 0.29) is 12.0 Å². The predicted molar refractivity (Wildman–Crippen MR) is 56.7 cm³/mol. The Morgan fingerprint density at radius 3 is 2.33 bits per heavy atom. The van der Waals surface area contributed by atoms with E-state index in [1.807, 2.05) is 0 Å². The summed E-state index contributed by atoms with van der Waals surface area (Å²) in [6.45, 7) is 0.620. The van der Waals surface area contributed by atoms with Gasteiger partial charge in [0.2, 0.25) is 0 Å². The van der Waals surface area contributed by atoms with Gasteiger partial charge in [0.15, 0.2) is 0 Å². The molecule has 0 spiro atoms. The quantitative estimate of drug-likeness (QED) is 0.273. The van der Waals surface area contributed by atoms with Crippen molar-refractivity contribution in [2.24, 2.45) is 5.92 Å². The molecule has 0 fully saturated rings. The Labute approximate surface area is 90.6 Å². The summed E-state index contributed by atoms with van der Waals surface area (Å²) in [6.07, 6.45) is -0.874. The van der Waals surface area contributed by atoms with Gasteiger partial charge in [0.25, 0.3) is 0 Å². The predicted octanol–water partition coefficient (Wildman–Crippen LogP) is 3.17. The molecular formula is C8H17F5Si2. The lowest BCUT2D eigenvalue weighted by molar-refractivity contribution is 0.281. The van der Waals surface area contributed by atoms with Gasteiger partial charge in [-0.25, -0.2) is 21.1 Å².